The number of hydrogen-bond acceptors (Lipinski definition) is 4. The summed E-state index contributed by atoms with van der Waals surface area (Å²) >= 11 is 1.25. The zero-order valence-electron chi connectivity index (χ0n) is 15.1. The van der Waals surface area contributed by atoms with Crippen LogP contribution in [0, 0.1) is 23.4 Å². The van der Waals surface area contributed by atoms with Crippen LogP contribution >= 0.6 is 11.3 Å². The first kappa shape index (κ1) is 19.3. The first-order chi connectivity index (χ1) is 13.5. The molecule has 0 radical (unpaired) electrons. The largest absolute Gasteiger partial charge is 0.435 e. The van der Waals surface area contributed by atoms with Gasteiger partial charge in [-0.15, -0.1) is 11.3 Å². The highest BCUT2D eigenvalue weighted by Crippen LogP contribution is 2.33. The van der Waals surface area contributed by atoms with Crippen LogP contribution in [0.3, 0.4) is 0 Å². The molecule has 2 bridgehead atoms. The third-order valence-corrected chi connectivity index (χ3v) is 6.40. The number of fused-ring (bicyclic) bond motifs is 2. The van der Waals surface area contributed by atoms with Gasteiger partial charge >= 0.3 is 6.09 Å². The fraction of sp³-hybridized carbons (Fsp3) is 0.450. The second kappa shape index (κ2) is 8.13. The van der Waals surface area contributed by atoms with Gasteiger partial charge in [-0.25, -0.2) is 18.0 Å². The molecule has 8 heteroatoms. The monoisotopic (exact) mass is 410 g/mol. The first-order valence-electron chi connectivity index (χ1n) is 9.38. The summed E-state index contributed by atoms with van der Waals surface area (Å²) in [4.78, 5) is 12.9. The van der Waals surface area contributed by atoms with Gasteiger partial charge in [0, 0.05) is 29.1 Å². The molecule has 0 aliphatic carbocycles. The van der Waals surface area contributed by atoms with Crippen LogP contribution < -0.4 is 10.6 Å². The summed E-state index contributed by atoms with van der Waals surface area (Å²) in [5, 5.41) is 8.04. The van der Waals surface area contributed by atoms with Crippen LogP contribution in [0.2, 0.25) is 0 Å². The van der Waals surface area contributed by atoms with Crippen LogP contribution in [-0.4, -0.2) is 24.7 Å². The van der Waals surface area contributed by atoms with Crippen molar-refractivity contribution in [3.05, 3.63) is 57.5 Å². The highest BCUT2D eigenvalue weighted by atomic mass is 32.1. The molecule has 4 nitrogen and oxygen atoms in total. The molecule has 0 spiro atoms. The molecule has 3 unspecified atom stereocenters. The molecule has 2 saturated heterocycles. The van der Waals surface area contributed by atoms with Gasteiger partial charge in [0.25, 0.3) is 0 Å². The fourth-order valence-electron chi connectivity index (χ4n) is 4.18. The Morgan fingerprint density at radius 3 is 2.61 bits per heavy atom. The Hall–Kier alpha value is -2.06. The van der Waals surface area contributed by atoms with Gasteiger partial charge in [-0.1, -0.05) is 6.07 Å². The van der Waals surface area contributed by atoms with E-state index in [2.05, 4.69) is 10.6 Å². The van der Waals surface area contributed by atoms with Crippen LogP contribution in [0.1, 0.15) is 42.2 Å². The van der Waals surface area contributed by atoms with Crippen LogP contribution in [0.5, 0.6) is 0 Å². The third kappa shape index (κ3) is 4.03. The Labute approximate surface area is 165 Å². The second-order valence-electron chi connectivity index (χ2n) is 7.42. The Bertz CT molecular complexity index is 834. The van der Waals surface area contributed by atoms with Crippen LogP contribution in [-0.2, 0) is 4.74 Å². The summed E-state index contributed by atoms with van der Waals surface area (Å²) < 4.78 is 46.7. The number of nitrogens with one attached hydrogen (secondary N) is 2. The standard InChI is InChI=1S/C20H21F3N2O2S/c21-15-6-5-14(17(22)18(15)23)19(16-2-1-7-28-16)27-20(26)24-10-11-8-12-3-4-13(9-11)25-12/h1-2,5-7,11-13,19,25H,3-4,8-10H2,(H,24,26). The van der Waals surface area contributed by atoms with E-state index in [1.54, 1.807) is 17.5 Å². The average molecular weight is 410 g/mol. The lowest BCUT2D eigenvalue weighted by Crippen LogP contribution is -2.42. The van der Waals surface area contributed by atoms with Gasteiger partial charge in [0.05, 0.1) is 0 Å². The van der Waals surface area contributed by atoms with Crippen molar-refractivity contribution in [3.8, 4) is 0 Å². The molecular weight excluding hydrogens is 389 g/mol. The van der Waals surface area contributed by atoms with Crippen molar-refractivity contribution < 1.29 is 22.7 Å². The topological polar surface area (TPSA) is 50.4 Å². The van der Waals surface area contributed by atoms with E-state index in [4.69, 9.17) is 4.74 Å². The lowest BCUT2D eigenvalue weighted by molar-refractivity contribution is 0.113. The minimum Gasteiger partial charge on any atom is -0.435 e. The van der Waals surface area contributed by atoms with Crippen molar-refractivity contribution in [2.75, 3.05) is 6.54 Å². The van der Waals surface area contributed by atoms with E-state index in [1.807, 2.05) is 0 Å². The maximum Gasteiger partial charge on any atom is 0.408 e. The lowest BCUT2D eigenvalue weighted by atomic mass is 9.92. The Kier molecular flexibility index (Phi) is 5.59. The first-order valence-corrected chi connectivity index (χ1v) is 10.3. The van der Waals surface area contributed by atoms with Crippen molar-refractivity contribution in [1.29, 1.82) is 0 Å². The minimum atomic E-state index is -1.58. The van der Waals surface area contributed by atoms with Crippen LogP contribution in [0.4, 0.5) is 18.0 Å². The Morgan fingerprint density at radius 1 is 1.18 bits per heavy atom. The number of hydrogen-bond donors (Lipinski definition) is 2. The second-order valence-corrected chi connectivity index (χ2v) is 8.40. The number of halogens is 3. The molecule has 1 aromatic carbocycles. The number of ether oxygens (including phenoxy) is 1. The molecule has 3 heterocycles. The van der Waals surface area contributed by atoms with Crippen molar-refractivity contribution in [2.45, 2.75) is 43.9 Å². The fourth-order valence-corrected chi connectivity index (χ4v) is 4.95. The predicted octanol–water partition coefficient (Wildman–Crippen LogP) is 4.51. The summed E-state index contributed by atoms with van der Waals surface area (Å²) in [6, 6.07) is 6.34. The van der Waals surface area contributed by atoms with Crippen molar-refractivity contribution in [3.63, 3.8) is 0 Å². The van der Waals surface area contributed by atoms with Gasteiger partial charge in [-0.05, 0) is 55.2 Å². The van der Waals surface area contributed by atoms with E-state index >= 15 is 0 Å². The van der Waals surface area contributed by atoms with Gasteiger partial charge in [-0.2, -0.15) is 0 Å². The van der Waals surface area contributed by atoms with Gasteiger partial charge in [0.2, 0.25) is 0 Å². The zero-order valence-corrected chi connectivity index (χ0v) is 15.9. The van der Waals surface area contributed by atoms with Gasteiger partial charge < -0.3 is 15.4 Å². The summed E-state index contributed by atoms with van der Waals surface area (Å²) in [7, 11) is 0. The quantitative estimate of drug-likeness (QED) is 0.713. The van der Waals surface area contributed by atoms with Crippen molar-refractivity contribution >= 4 is 17.4 Å². The minimum absolute atomic E-state index is 0.212. The van der Waals surface area contributed by atoms with Gasteiger partial charge in [0.15, 0.2) is 23.6 Å². The number of thiophene rings is 1. The highest BCUT2D eigenvalue weighted by molar-refractivity contribution is 7.10. The molecule has 28 heavy (non-hydrogen) atoms. The Morgan fingerprint density at radius 2 is 1.93 bits per heavy atom. The number of carbonyl (C=O) groups excluding carboxylic acids is 1. The molecule has 1 amide bonds. The molecule has 2 N–H and O–H groups in total. The molecule has 2 aliphatic heterocycles. The maximum atomic E-state index is 14.3. The highest BCUT2D eigenvalue weighted by Gasteiger charge is 2.34. The summed E-state index contributed by atoms with van der Waals surface area (Å²) in [6.07, 6.45) is 2.50. The third-order valence-electron chi connectivity index (χ3n) is 5.48. The number of amides is 1. The number of carbonyl (C=O) groups is 1. The number of rotatable bonds is 5. The summed E-state index contributed by atoms with van der Waals surface area (Å²) in [5.41, 5.74) is -0.212. The molecule has 150 valence electrons. The predicted molar refractivity (Wildman–Crippen MR) is 99.6 cm³/mol. The van der Waals surface area contributed by atoms with Crippen molar-refractivity contribution in [1.82, 2.24) is 10.6 Å². The van der Waals surface area contributed by atoms with E-state index in [0.717, 1.165) is 25.0 Å². The maximum absolute atomic E-state index is 14.3. The number of piperidine rings is 1. The molecular formula is C20H21F3N2O2S. The van der Waals surface area contributed by atoms with Crippen LogP contribution in [0.25, 0.3) is 0 Å². The molecule has 4 rings (SSSR count). The SMILES string of the molecule is O=C(NCC1CC2CCC(C1)N2)OC(c1cccs1)c1ccc(F)c(F)c1F. The molecule has 0 saturated carbocycles. The van der Waals surface area contributed by atoms with E-state index < -0.39 is 29.6 Å². The average Bonchev–Trinajstić information content (AvgIpc) is 3.33. The van der Waals surface area contributed by atoms with Crippen LogP contribution in [0.15, 0.2) is 29.6 Å². The van der Waals surface area contributed by atoms with Gasteiger partial charge in [0.1, 0.15) is 0 Å². The summed E-state index contributed by atoms with van der Waals surface area (Å²) in [5.74, 6) is -3.84. The van der Waals surface area contributed by atoms with E-state index in [-0.39, 0.29) is 5.56 Å². The van der Waals surface area contributed by atoms with Crippen molar-refractivity contribution in [2.24, 2.45) is 5.92 Å². The number of alkyl carbamates (subject to hydrolysis) is 1. The molecule has 2 fully saturated rings. The molecule has 3 atom stereocenters. The zero-order chi connectivity index (χ0) is 19.7. The normalized spacial score (nSPS) is 24.8. The molecule has 1 aromatic heterocycles. The number of benzene rings is 1. The van der Waals surface area contributed by atoms with E-state index in [1.165, 1.54) is 24.2 Å². The Balaban J connectivity index is 1.44. The van der Waals surface area contributed by atoms with Gasteiger partial charge in [-0.3, -0.25) is 0 Å². The molecule has 2 aromatic rings. The van der Waals surface area contributed by atoms with E-state index in [9.17, 15) is 18.0 Å². The smallest absolute Gasteiger partial charge is 0.408 e. The van der Waals surface area contributed by atoms with E-state index in [0.29, 0.717) is 29.4 Å². The lowest BCUT2D eigenvalue weighted by Gasteiger charge is -2.29. The molecule has 2 aliphatic rings. The summed E-state index contributed by atoms with van der Waals surface area (Å²) in [6.45, 7) is 0.477.